The van der Waals surface area contributed by atoms with Crippen molar-refractivity contribution in [3.8, 4) is 0 Å². The molecule has 0 bridgehead atoms. The number of hydrogen-bond acceptors (Lipinski definition) is 4. The van der Waals surface area contributed by atoms with Crippen LogP contribution in [-0.4, -0.2) is 31.6 Å². The fraction of sp³-hybridized carbons (Fsp3) is 0.833. The van der Waals surface area contributed by atoms with Crippen LogP contribution >= 0.6 is 0 Å². The highest BCUT2D eigenvalue weighted by Crippen LogP contribution is 2.26. The predicted octanol–water partition coefficient (Wildman–Crippen LogP) is 1.57. The van der Waals surface area contributed by atoms with Gasteiger partial charge in [0.25, 0.3) is 0 Å². The molecule has 4 nitrogen and oxygen atoms in total. The van der Waals surface area contributed by atoms with Gasteiger partial charge in [-0.2, -0.15) is 0 Å². The second-order valence-corrected chi connectivity index (χ2v) is 4.59. The third-order valence-corrected chi connectivity index (χ3v) is 3.06. The number of Topliss-reactive ketones (excluding diaryl/α,β-unsaturated/α-hetero) is 1. The van der Waals surface area contributed by atoms with Crippen LogP contribution in [0.1, 0.15) is 33.1 Å². The minimum absolute atomic E-state index is 0.0131. The van der Waals surface area contributed by atoms with Crippen LogP contribution in [-0.2, 0) is 19.1 Å². The van der Waals surface area contributed by atoms with Crippen molar-refractivity contribution in [2.75, 3.05) is 13.7 Å². The lowest BCUT2D eigenvalue weighted by Crippen LogP contribution is -2.34. The maximum absolute atomic E-state index is 11.8. The number of rotatable bonds is 4. The van der Waals surface area contributed by atoms with E-state index in [0.29, 0.717) is 12.5 Å². The summed E-state index contributed by atoms with van der Waals surface area (Å²) in [6, 6.07) is 0. The number of ether oxygens (including phenoxy) is 2. The molecule has 1 rings (SSSR count). The van der Waals surface area contributed by atoms with Gasteiger partial charge in [-0.3, -0.25) is 9.59 Å². The maximum atomic E-state index is 11.8. The van der Waals surface area contributed by atoms with E-state index in [2.05, 4.69) is 18.6 Å². The van der Waals surface area contributed by atoms with Crippen LogP contribution in [0.4, 0.5) is 0 Å². The largest absolute Gasteiger partial charge is 0.469 e. The lowest BCUT2D eigenvalue weighted by Gasteiger charge is -2.31. The molecule has 0 amide bonds. The highest BCUT2D eigenvalue weighted by atomic mass is 16.5. The van der Waals surface area contributed by atoms with E-state index in [1.807, 2.05) is 0 Å². The van der Waals surface area contributed by atoms with Gasteiger partial charge in [-0.25, -0.2) is 0 Å². The second kappa shape index (κ2) is 5.99. The van der Waals surface area contributed by atoms with Gasteiger partial charge in [-0.05, 0) is 18.8 Å². The molecule has 1 heterocycles. The molecule has 1 fully saturated rings. The lowest BCUT2D eigenvalue weighted by molar-refractivity contribution is -0.145. The standard InChI is InChI=1S/C12H20O4/c1-8(2)11-6-9(4-5-16-11)10(13)7-12(14)15-3/h8-9,11H,4-7H2,1-3H3. The highest BCUT2D eigenvalue weighted by Gasteiger charge is 2.30. The smallest absolute Gasteiger partial charge is 0.313 e. The zero-order chi connectivity index (χ0) is 12.1. The molecule has 0 N–H and O–H groups in total. The summed E-state index contributed by atoms with van der Waals surface area (Å²) in [5, 5.41) is 0. The second-order valence-electron chi connectivity index (χ2n) is 4.59. The van der Waals surface area contributed by atoms with Crippen LogP contribution in [0.3, 0.4) is 0 Å². The van der Waals surface area contributed by atoms with Crippen molar-refractivity contribution in [1.82, 2.24) is 0 Å². The number of carbonyl (C=O) groups is 2. The van der Waals surface area contributed by atoms with E-state index in [4.69, 9.17) is 4.74 Å². The van der Waals surface area contributed by atoms with Crippen LogP contribution in [0, 0.1) is 11.8 Å². The Hall–Kier alpha value is -0.900. The number of hydrogen-bond donors (Lipinski definition) is 0. The van der Waals surface area contributed by atoms with Crippen LogP contribution in [0.5, 0.6) is 0 Å². The molecule has 0 spiro atoms. The van der Waals surface area contributed by atoms with Gasteiger partial charge in [-0.15, -0.1) is 0 Å². The van der Waals surface area contributed by atoms with E-state index in [9.17, 15) is 9.59 Å². The van der Waals surface area contributed by atoms with E-state index in [1.165, 1.54) is 7.11 Å². The Morgan fingerprint density at radius 3 is 2.69 bits per heavy atom. The van der Waals surface area contributed by atoms with Gasteiger partial charge in [0.2, 0.25) is 0 Å². The molecule has 0 aromatic heterocycles. The molecular formula is C12H20O4. The molecule has 1 aliphatic rings. The Morgan fingerprint density at radius 1 is 1.44 bits per heavy atom. The summed E-state index contributed by atoms with van der Waals surface area (Å²) in [5.41, 5.74) is 0. The van der Waals surface area contributed by atoms with E-state index < -0.39 is 5.97 Å². The Morgan fingerprint density at radius 2 is 2.12 bits per heavy atom. The molecule has 16 heavy (non-hydrogen) atoms. The van der Waals surface area contributed by atoms with E-state index in [1.54, 1.807) is 0 Å². The Labute approximate surface area is 96.3 Å². The first-order chi connectivity index (χ1) is 7.54. The predicted molar refractivity (Wildman–Crippen MR) is 58.9 cm³/mol. The Bertz CT molecular complexity index is 260. The molecule has 92 valence electrons. The summed E-state index contributed by atoms with van der Waals surface area (Å²) < 4.78 is 10.1. The van der Waals surface area contributed by atoms with Crippen molar-refractivity contribution in [3.63, 3.8) is 0 Å². The number of esters is 1. The Balaban J connectivity index is 2.47. The minimum atomic E-state index is -0.447. The molecule has 1 aliphatic heterocycles. The van der Waals surface area contributed by atoms with Gasteiger partial charge < -0.3 is 9.47 Å². The first-order valence-corrected chi connectivity index (χ1v) is 5.75. The fourth-order valence-electron chi connectivity index (χ4n) is 1.94. The molecule has 0 aromatic rings. The SMILES string of the molecule is COC(=O)CC(=O)C1CCOC(C(C)C)C1. The van der Waals surface area contributed by atoms with Crippen LogP contribution in [0.2, 0.25) is 0 Å². The van der Waals surface area contributed by atoms with Crippen LogP contribution in [0.15, 0.2) is 0 Å². The van der Waals surface area contributed by atoms with Crippen molar-refractivity contribution in [1.29, 1.82) is 0 Å². The number of methoxy groups -OCH3 is 1. The van der Waals surface area contributed by atoms with E-state index in [-0.39, 0.29) is 24.2 Å². The third kappa shape index (κ3) is 3.59. The average Bonchev–Trinajstić information content (AvgIpc) is 2.28. The first-order valence-electron chi connectivity index (χ1n) is 5.75. The van der Waals surface area contributed by atoms with Gasteiger partial charge in [0, 0.05) is 12.5 Å². The summed E-state index contributed by atoms with van der Waals surface area (Å²) in [6.45, 7) is 4.77. The summed E-state index contributed by atoms with van der Waals surface area (Å²) >= 11 is 0. The molecule has 0 aliphatic carbocycles. The molecule has 0 radical (unpaired) electrons. The number of ketones is 1. The monoisotopic (exact) mass is 228 g/mol. The summed E-state index contributed by atoms with van der Waals surface area (Å²) in [6.07, 6.45) is 1.48. The first kappa shape index (κ1) is 13.2. The molecule has 4 heteroatoms. The van der Waals surface area contributed by atoms with Gasteiger partial charge in [0.05, 0.1) is 13.2 Å². The van der Waals surface area contributed by atoms with Crippen LogP contribution < -0.4 is 0 Å². The number of carbonyl (C=O) groups excluding carboxylic acids is 2. The molecule has 2 atom stereocenters. The van der Waals surface area contributed by atoms with Crippen molar-refractivity contribution >= 4 is 11.8 Å². The van der Waals surface area contributed by atoms with Gasteiger partial charge in [0.15, 0.2) is 0 Å². The zero-order valence-electron chi connectivity index (χ0n) is 10.2. The highest BCUT2D eigenvalue weighted by molar-refractivity contribution is 5.96. The van der Waals surface area contributed by atoms with E-state index in [0.717, 1.165) is 12.8 Å². The molecule has 0 saturated carbocycles. The lowest BCUT2D eigenvalue weighted by atomic mass is 9.86. The van der Waals surface area contributed by atoms with Crippen LogP contribution in [0.25, 0.3) is 0 Å². The molecule has 2 unspecified atom stereocenters. The molecule has 1 saturated heterocycles. The molecule has 0 aromatic carbocycles. The topological polar surface area (TPSA) is 52.6 Å². The third-order valence-electron chi connectivity index (χ3n) is 3.06. The van der Waals surface area contributed by atoms with E-state index >= 15 is 0 Å². The molecular weight excluding hydrogens is 208 g/mol. The Kier molecular flexibility index (Phi) is 4.93. The van der Waals surface area contributed by atoms with Gasteiger partial charge in [0.1, 0.15) is 12.2 Å². The maximum Gasteiger partial charge on any atom is 0.313 e. The van der Waals surface area contributed by atoms with Crippen molar-refractivity contribution in [3.05, 3.63) is 0 Å². The zero-order valence-corrected chi connectivity index (χ0v) is 10.2. The van der Waals surface area contributed by atoms with Crippen molar-refractivity contribution in [2.24, 2.45) is 11.8 Å². The summed E-state index contributed by atoms with van der Waals surface area (Å²) in [7, 11) is 1.30. The van der Waals surface area contributed by atoms with Crippen molar-refractivity contribution in [2.45, 2.75) is 39.2 Å². The van der Waals surface area contributed by atoms with Crippen molar-refractivity contribution < 1.29 is 19.1 Å². The summed E-state index contributed by atoms with van der Waals surface area (Å²) in [5.74, 6) is -0.0904. The minimum Gasteiger partial charge on any atom is -0.469 e. The summed E-state index contributed by atoms with van der Waals surface area (Å²) in [4.78, 5) is 22.8. The quantitative estimate of drug-likeness (QED) is 0.541. The van der Waals surface area contributed by atoms with Gasteiger partial charge in [-0.1, -0.05) is 13.8 Å². The fourth-order valence-corrected chi connectivity index (χ4v) is 1.94. The van der Waals surface area contributed by atoms with Gasteiger partial charge >= 0.3 is 5.97 Å². The average molecular weight is 228 g/mol. The normalized spacial score (nSPS) is 25.5.